The van der Waals surface area contributed by atoms with E-state index in [0.717, 1.165) is 47.8 Å². The van der Waals surface area contributed by atoms with Gasteiger partial charge in [0.25, 0.3) is 0 Å². The number of carbonyl (C=O) groups is 1. The van der Waals surface area contributed by atoms with Gasteiger partial charge in [0.1, 0.15) is 6.54 Å². The van der Waals surface area contributed by atoms with E-state index >= 15 is 0 Å². The summed E-state index contributed by atoms with van der Waals surface area (Å²) in [6, 6.07) is 16.2. The summed E-state index contributed by atoms with van der Waals surface area (Å²) < 4.78 is 2.09. The van der Waals surface area contributed by atoms with Crippen LogP contribution in [0.15, 0.2) is 59.6 Å². The first kappa shape index (κ1) is 17.5. The lowest BCUT2D eigenvalue weighted by molar-refractivity contribution is -0.130. The second-order valence-electron chi connectivity index (χ2n) is 6.61. The van der Waals surface area contributed by atoms with E-state index in [2.05, 4.69) is 35.0 Å². The molecule has 1 amide bonds. The number of hydrogen-bond acceptors (Lipinski definition) is 2. The number of likely N-dealkylation sites (tertiary alicyclic amines) is 1. The second-order valence-corrected chi connectivity index (χ2v) is 8.03. The zero-order valence-corrected chi connectivity index (χ0v) is 16.1. The largest absolute Gasteiger partial charge is 0.341 e. The van der Waals surface area contributed by atoms with E-state index in [1.165, 1.54) is 10.3 Å². The van der Waals surface area contributed by atoms with E-state index in [1.807, 2.05) is 29.2 Å². The summed E-state index contributed by atoms with van der Waals surface area (Å²) in [5, 5.41) is 1.99. The van der Waals surface area contributed by atoms with Crippen molar-refractivity contribution in [2.75, 3.05) is 13.1 Å². The van der Waals surface area contributed by atoms with Crippen LogP contribution in [0.2, 0.25) is 5.02 Å². The van der Waals surface area contributed by atoms with Gasteiger partial charge in [-0.2, -0.15) is 0 Å². The summed E-state index contributed by atoms with van der Waals surface area (Å²) in [4.78, 5) is 15.7. The maximum absolute atomic E-state index is 12.6. The van der Waals surface area contributed by atoms with Gasteiger partial charge in [-0.3, -0.25) is 4.79 Å². The molecule has 0 spiro atoms. The van der Waals surface area contributed by atoms with Crippen molar-refractivity contribution < 1.29 is 4.79 Å². The molecule has 0 atom stereocenters. The number of amides is 1. The monoisotopic (exact) mass is 384 g/mol. The fourth-order valence-electron chi connectivity index (χ4n) is 3.44. The van der Waals surface area contributed by atoms with E-state index in [9.17, 15) is 4.79 Å². The maximum Gasteiger partial charge on any atom is 0.242 e. The average molecular weight is 385 g/mol. The number of aromatic nitrogens is 1. The van der Waals surface area contributed by atoms with Gasteiger partial charge in [0.05, 0.1) is 0 Å². The second kappa shape index (κ2) is 7.77. The van der Waals surface area contributed by atoms with Crippen LogP contribution in [0.4, 0.5) is 0 Å². The summed E-state index contributed by atoms with van der Waals surface area (Å²) in [5.41, 5.74) is 2.24. The minimum Gasteiger partial charge on any atom is -0.341 e. The molecule has 134 valence electrons. The van der Waals surface area contributed by atoms with Gasteiger partial charge in [0.2, 0.25) is 5.91 Å². The van der Waals surface area contributed by atoms with E-state index in [-0.39, 0.29) is 5.91 Å². The Hall–Kier alpha value is -1.91. The van der Waals surface area contributed by atoms with E-state index in [0.29, 0.717) is 6.54 Å². The molecule has 0 aliphatic carbocycles. The Bertz CT molecular complexity index is 931. The van der Waals surface area contributed by atoms with Crippen molar-refractivity contribution in [2.24, 2.45) is 0 Å². The molecule has 1 aliphatic rings. The first-order valence-corrected chi connectivity index (χ1v) is 10.3. The Labute approximate surface area is 162 Å². The fraction of sp³-hybridized carbons (Fsp3) is 0.286. The molecule has 0 radical (unpaired) electrons. The van der Waals surface area contributed by atoms with Gasteiger partial charge in [-0.1, -0.05) is 48.0 Å². The van der Waals surface area contributed by atoms with Crippen LogP contribution in [0.5, 0.6) is 0 Å². The number of para-hydroxylation sites is 1. The highest BCUT2D eigenvalue weighted by Gasteiger charge is 2.19. The zero-order chi connectivity index (χ0) is 17.9. The molecule has 3 aromatic rings. The predicted octanol–water partition coefficient (Wildman–Crippen LogP) is 5.21. The number of hydrogen-bond donors (Lipinski definition) is 0. The van der Waals surface area contributed by atoms with Gasteiger partial charge < -0.3 is 9.47 Å². The fourth-order valence-corrected chi connectivity index (χ4v) is 4.82. The van der Waals surface area contributed by atoms with E-state index in [1.54, 1.807) is 11.8 Å². The number of nitrogens with zero attached hydrogens (tertiary/aromatic N) is 2. The standard InChI is InChI=1S/C21H21ClN2OS/c22-18-9-3-1-7-16(18)15-26-20-13-24(19-10-4-2-8-17(19)20)14-21(25)23-11-5-6-12-23/h1-4,7-10,13H,5-6,11-12,14-15H2. The number of carbonyl (C=O) groups excluding carboxylic acids is 1. The van der Waals surface area contributed by atoms with E-state index in [4.69, 9.17) is 11.6 Å². The highest BCUT2D eigenvalue weighted by atomic mass is 35.5. The van der Waals surface area contributed by atoms with Gasteiger partial charge in [-0.25, -0.2) is 0 Å². The lowest BCUT2D eigenvalue weighted by atomic mass is 10.2. The highest BCUT2D eigenvalue weighted by Crippen LogP contribution is 2.33. The highest BCUT2D eigenvalue weighted by molar-refractivity contribution is 7.98. The molecule has 0 saturated carbocycles. The molecule has 2 aromatic carbocycles. The van der Waals surface area contributed by atoms with Crippen molar-refractivity contribution in [1.29, 1.82) is 0 Å². The van der Waals surface area contributed by atoms with Crippen LogP contribution in [0.25, 0.3) is 10.9 Å². The maximum atomic E-state index is 12.6. The molecule has 1 aromatic heterocycles. The van der Waals surface area contributed by atoms with Crippen molar-refractivity contribution >= 4 is 40.2 Å². The Kier molecular flexibility index (Phi) is 5.23. The van der Waals surface area contributed by atoms with Crippen molar-refractivity contribution in [3.05, 3.63) is 65.3 Å². The molecule has 0 bridgehead atoms. The molecule has 5 heteroatoms. The minimum absolute atomic E-state index is 0.214. The molecule has 4 rings (SSSR count). The smallest absolute Gasteiger partial charge is 0.242 e. The van der Waals surface area contributed by atoms with Crippen molar-refractivity contribution in [2.45, 2.75) is 30.0 Å². The van der Waals surface area contributed by atoms with Gasteiger partial charge in [-0.05, 0) is 30.5 Å². The topological polar surface area (TPSA) is 25.2 Å². The van der Waals surface area contributed by atoms with Crippen LogP contribution in [0.1, 0.15) is 18.4 Å². The van der Waals surface area contributed by atoms with Crippen molar-refractivity contribution in [3.8, 4) is 0 Å². The van der Waals surface area contributed by atoms with Crippen LogP contribution >= 0.6 is 23.4 Å². The molecular formula is C21H21ClN2OS. The molecule has 3 nitrogen and oxygen atoms in total. The number of rotatable bonds is 5. The van der Waals surface area contributed by atoms with Crippen molar-refractivity contribution in [1.82, 2.24) is 9.47 Å². The Balaban J connectivity index is 1.57. The van der Waals surface area contributed by atoms with Gasteiger partial charge in [0.15, 0.2) is 0 Å². The summed E-state index contributed by atoms with van der Waals surface area (Å²) in [7, 11) is 0. The Morgan fingerprint density at radius 3 is 2.58 bits per heavy atom. The third-order valence-corrected chi connectivity index (χ3v) is 6.32. The molecule has 26 heavy (non-hydrogen) atoms. The Morgan fingerprint density at radius 2 is 1.77 bits per heavy atom. The third kappa shape index (κ3) is 3.62. The summed E-state index contributed by atoms with van der Waals surface area (Å²) >= 11 is 8.05. The van der Waals surface area contributed by atoms with Gasteiger partial charge in [0, 0.05) is 45.9 Å². The van der Waals surface area contributed by atoms with Crippen LogP contribution < -0.4 is 0 Å². The van der Waals surface area contributed by atoms with Crippen LogP contribution in [-0.2, 0) is 17.1 Å². The summed E-state index contributed by atoms with van der Waals surface area (Å²) in [6.07, 6.45) is 4.36. The van der Waals surface area contributed by atoms with Gasteiger partial charge in [-0.15, -0.1) is 11.8 Å². The molecule has 1 saturated heterocycles. The third-order valence-electron chi connectivity index (χ3n) is 4.86. The minimum atomic E-state index is 0.214. The van der Waals surface area contributed by atoms with Crippen LogP contribution in [0, 0.1) is 0 Å². The number of thioether (sulfide) groups is 1. The molecule has 1 aliphatic heterocycles. The summed E-state index contributed by atoms with van der Waals surface area (Å²) in [6.45, 7) is 2.20. The van der Waals surface area contributed by atoms with Crippen LogP contribution in [-0.4, -0.2) is 28.5 Å². The lowest BCUT2D eigenvalue weighted by Gasteiger charge is -2.15. The number of benzene rings is 2. The van der Waals surface area contributed by atoms with Crippen molar-refractivity contribution in [3.63, 3.8) is 0 Å². The molecule has 0 N–H and O–H groups in total. The molecule has 2 heterocycles. The molecule has 0 unspecified atom stereocenters. The number of halogens is 1. The quantitative estimate of drug-likeness (QED) is 0.564. The molecule has 1 fully saturated rings. The first-order chi connectivity index (χ1) is 12.7. The average Bonchev–Trinajstić information content (AvgIpc) is 3.30. The van der Waals surface area contributed by atoms with E-state index < -0.39 is 0 Å². The Morgan fingerprint density at radius 1 is 1.04 bits per heavy atom. The number of fused-ring (bicyclic) bond motifs is 1. The van der Waals surface area contributed by atoms with Gasteiger partial charge >= 0.3 is 0 Å². The SMILES string of the molecule is O=C(Cn1cc(SCc2ccccc2Cl)c2ccccc21)N1CCCC1. The lowest BCUT2D eigenvalue weighted by Crippen LogP contribution is -2.30. The predicted molar refractivity (Wildman–Crippen MR) is 109 cm³/mol. The molecular weight excluding hydrogens is 364 g/mol. The summed E-state index contributed by atoms with van der Waals surface area (Å²) in [5.74, 6) is 1.03. The normalized spacial score (nSPS) is 14.3. The zero-order valence-electron chi connectivity index (χ0n) is 14.5. The first-order valence-electron chi connectivity index (χ1n) is 8.94. The van der Waals surface area contributed by atoms with Crippen LogP contribution in [0.3, 0.4) is 0 Å².